The molecular weight excluding hydrogens is 240 g/mol. The third-order valence-corrected chi connectivity index (χ3v) is 3.19. The van der Waals surface area contributed by atoms with Crippen molar-refractivity contribution < 1.29 is 4.42 Å². The molecule has 0 unspecified atom stereocenters. The highest BCUT2D eigenvalue weighted by molar-refractivity contribution is 5.81. The lowest BCUT2D eigenvalue weighted by atomic mass is 10.0. The highest BCUT2D eigenvalue weighted by Crippen LogP contribution is 2.29. The van der Waals surface area contributed by atoms with Gasteiger partial charge in [0.05, 0.1) is 5.69 Å². The van der Waals surface area contributed by atoms with Crippen LogP contribution in [0.25, 0.3) is 22.2 Å². The van der Waals surface area contributed by atoms with Crippen LogP contribution >= 0.6 is 0 Å². The van der Waals surface area contributed by atoms with Gasteiger partial charge in [-0.1, -0.05) is 6.07 Å². The second kappa shape index (κ2) is 4.51. The van der Waals surface area contributed by atoms with Crippen LogP contribution in [0.3, 0.4) is 0 Å². The molecular formula is C14H16N4O. The van der Waals surface area contributed by atoms with Gasteiger partial charge in [0.25, 0.3) is 0 Å². The van der Waals surface area contributed by atoms with Gasteiger partial charge in [-0.3, -0.25) is 5.10 Å². The minimum absolute atomic E-state index is 0.584. The Kier molecular flexibility index (Phi) is 2.83. The molecule has 0 fully saturated rings. The molecule has 19 heavy (non-hydrogen) atoms. The fourth-order valence-corrected chi connectivity index (χ4v) is 2.38. The zero-order chi connectivity index (χ0) is 13.4. The molecule has 98 valence electrons. The molecule has 5 heteroatoms. The smallest absolute Gasteiger partial charge is 0.192 e. The number of nitrogens with zero attached hydrogens (tertiary/aromatic N) is 2. The van der Waals surface area contributed by atoms with Crippen molar-refractivity contribution in [1.82, 2.24) is 15.2 Å². The average molecular weight is 256 g/mol. The predicted octanol–water partition coefficient (Wildman–Crippen LogP) is 2.34. The number of hydrogen-bond donors (Lipinski definition) is 2. The quantitative estimate of drug-likeness (QED) is 0.753. The zero-order valence-corrected chi connectivity index (χ0v) is 11.0. The van der Waals surface area contributed by atoms with Gasteiger partial charge in [0.15, 0.2) is 11.5 Å². The Balaban J connectivity index is 2.15. The lowest BCUT2D eigenvalue weighted by molar-refractivity contribution is 0.561. The molecule has 0 radical (unpaired) electrons. The molecule has 0 aliphatic rings. The maximum atomic E-state index is 5.63. The molecule has 0 aliphatic carbocycles. The van der Waals surface area contributed by atoms with Crippen LogP contribution in [-0.2, 0) is 6.42 Å². The van der Waals surface area contributed by atoms with Crippen LogP contribution in [0.2, 0.25) is 0 Å². The van der Waals surface area contributed by atoms with E-state index in [9.17, 15) is 0 Å². The molecule has 0 atom stereocenters. The number of rotatable bonds is 3. The number of oxazole rings is 1. The van der Waals surface area contributed by atoms with Crippen molar-refractivity contribution in [2.45, 2.75) is 20.3 Å². The second-order valence-electron chi connectivity index (χ2n) is 4.62. The summed E-state index contributed by atoms with van der Waals surface area (Å²) in [6.07, 6.45) is 0.757. The number of hydrogen-bond acceptors (Lipinski definition) is 4. The Hall–Kier alpha value is -2.14. The van der Waals surface area contributed by atoms with Gasteiger partial charge < -0.3 is 10.2 Å². The fourth-order valence-electron chi connectivity index (χ4n) is 2.38. The van der Waals surface area contributed by atoms with Gasteiger partial charge in [-0.25, -0.2) is 4.98 Å². The van der Waals surface area contributed by atoms with Crippen LogP contribution < -0.4 is 5.73 Å². The summed E-state index contributed by atoms with van der Waals surface area (Å²) in [5.74, 6) is 0.679. The highest BCUT2D eigenvalue weighted by Gasteiger charge is 2.13. The van der Waals surface area contributed by atoms with E-state index < -0.39 is 0 Å². The van der Waals surface area contributed by atoms with Gasteiger partial charge in [0, 0.05) is 24.6 Å². The first-order valence-corrected chi connectivity index (χ1v) is 6.30. The van der Waals surface area contributed by atoms with Gasteiger partial charge in [-0.15, -0.1) is 0 Å². The van der Waals surface area contributed by atoms with Crippen molar-refractivity contribution in [2.75, 3.05) is 6.54 Å². The molecule has 0 aliphatic heterocycles. The third kappa shape index (κ3) is 2.02. The summed E-state index contributed by atoms with van der Waals surface area (Å²) < 4.78 is 5.58. The largest absolute Gasteiger partial charge is 0.441 e. The molecule has 0 saturated carbocycles. The average Bonchev–Trinajstić information content (AvgIpc) is 2.91. The summed E-state index contributed by atoms with van der Waals surface area (Å²) >= 11 is 0. The van der Waals surface area contributed by atoms with Crippen molar-refractivity contribution in [2.24, 2.45) is 5.73 Å². The summed E-state index contributed by atoms with van der Waals surface area (Å²) in [6, 6.07) is 6.02. The van der Waals surface area contributed by atoms with E-state index in [0.717, 1.165) is 40.0 Å². The molecule has 2 heterocycles. The number of aryl methyl sites for hydroxylation is 2. The molecule has 3 aromatic rings. The van der Waals surface area contributed by atoms with Gasteiger partial charge in [0.2, 0.25) is 0 Å². The van der Waals surface area contributed by atoms with Crippen LogP contribution in [0.1, 0.15) is 17.3 Å². The van der Waals surface area contributed by atoms with Crippen LogP contribution in [0, 0.1) is 13.8 Å². The Bertz CT molecular complexity index is 726. The number of aromatic nitrogens is 3. The molecule has 0 saturated heterocycles. The number of benzene rings is 1. The van der Waals surface area contributed by atoms with Crippen molar-refractivity contribution in [3.8, 4) is 11.1 Å². The molecule has 0 amide bonds. The number of H-pyrrole nitrogens is 1. The molecule has 0 spiro atoms. The first-order chi connectivity index (χ1) is 9.19. The minimum atomic E-state index is 0.584. The van der Waals surface area contributed by atoms with Crippen molar-refractivity contribution in [1.29, 1.82) is 0 Å². The Morgan fingerprint density at radius 1 is 1.32 bits per heavy atom. The van der Waals surface area contributed by atoms with Crippen LogP contribution in [0.4, 0.5) is 0 Å². The van der Waals surface area contributed by atoms with E-state index >= 15 is 0 Å². The Labute approximate surface area is 110 Å². The first-order valence-electron chi connectivity index (χ1n) is 6.30. The summed E-state index contributed by atoms with van der Waals surface area (Å²) in [5, 5.41) is 7.34. The van der Waals surface area contributed by atoms with E-state index in [1.165, 1.54) is 0 Å². The summed E-state index contributed by atoms with van der Waals surface area (Å²) in [5.41, 5.74) is 11.5. The number of fused-ring (bicyclic) bond motifs is 1. The Morgan fingerprint density at radius 2 is 2.16 bits per heavy atom. The molecule has 3 N–H and O–H groups in total. The second-order valence-corrected chi connectivity index (χ2v) is 4.62. The maximum Gasteiger partial charge on any atom is 0.192 e. The molecule has 0 bridgehead atoms. The summed E-state index contributed by atoms with van der Waals surface area (Å²) in [6.45, 7) is 4.45. The van der Waals surface area contributed by atoms with Crippen LogP contribution in [0.15, 0.2) is 22.6 Å². The van der Waals surface area contributed by atoms with Gasteiger partial charge >= 0.3 is 0 Å². The minimum Gasteiger partial charge on any atom is -0.441 e. The van der Waals surface area contributed by atoms with E-state index in [0.29, 0.717) is 12.4 Å². The molecule has 2 aromatic heterocycles. The SMILES string of the molecule is Cc1nc2ccc(-c3c(CCN)n[nH]c3C)cc2o1. The van der Waals surface area contributed by atoms with Crippen LogP contribution in [-0.4, -0.2) is 21.7 Å². The van der Waals surface area contributed by atoms with Crippen molar-refractivity contribution in [3.63, 3.8) is 0 Å². The lowest BCUT2D eigenvalue weighted by Crippen LogP contribution is -2.04. The molecule has 1 aromatic carbocycles. The van der Waals surface area contributed by atoms with Crippen molar-refractivity contribution in [3.05, 3.63) is 35.5 Å². The Morgan fingerprint density at radius 3 is 2.95 bits per heavy atom. The van der Waals surface area contributed by atoms with Gasteiger partial charge in [-0.2, -0.15) is 5.10 Å². The van der Waals surface area contributed by atoms with E-state index in [1.807, 2.05) is 32.0 Å². The molecule has 3 rings (SSSR count). The predicted molar refractivity (Wildman–Crippen MR) is 73.8 cm³/mol. The topological polar surface area (TPSA) is 80.7 Å². The maximum absolute atomic E-state index is 5.63. The third-order valence-electron chi connectivity index (χ3n) is 3.19. The van der Waals surface area contributed by atoms with E-state index in [1.54, 1.807) is 0 Å². The monoisotopic (exact) mass is 256 g/mol. The number of aromatic amines is 1. The highest BCUT2D eigenvalue weighted by atomic mass is 16.3. The van der Waals surface area contributed by atoms with Gasteiger partial charge in [-0.05, 0) is 31.2 Å². The lowest BCUT2D eigenvalue weighted by Gasteiger charge is -2.03. The summed E-state index contributed by atoms with van der Waals surface area (Å²) in [7, 11) is 0. The molecule has 5 nitrogen and oxygen atoms in total. The van der Waals surface area contributed by atoms with E-state index in [4.69, 9.17) is 10.2 Å². The normalized spacial score (nSPS) is 11.3. The van der Waals surface area contributed by atoms with E-state index in [2.05, 4.69) is 15.2 Å². The fraction of sp³-hybridized carbons (Fsp3) is 0.286. The van der Waals surface area contributed by atoms with Crippen LogP contribution in [0.5, 0.6) is 0 Å². The van der Waals surface area contributed by atoms with Crippen molar-refractivity contribution >= 4 is 11.1 Å². The first kappa shape index (κ1) is 11.9. The zero-order valence-electron chi connectivity index (χ0n) is 11.0. The standard InChI is InChI=1S/C14H16N4O/c1-8-14(12(5-6-15)18-17-8)10-3-4-11-13(7-10)19-9(2)16-11/h3-4,7H,5-6,15H2,1-2H3,(H,17,18). The summed E-state index contributed by atoms with van der Waals surface area (Å²) in [4.78, 5) is 4.31. The number of nitrogens with two attached hydrogens (primary N) is 1. The van der Waals surface area contributed by atoms with Gasteiger partial charge in [0.1, 0.15) is 5.52 Å². The number of nitrogens with one attached hydrogen (secondary N) is 1. The van der Waals surface area contributed by atoms with E-state index in [-0.39, 0.29) is 0 Å².